The lowest BCUT2D eigenvalue weighted by Gasteiger charge is -2.32. The van der Waals surface area contributed by atoms with Gasteiger partial charge in [0.1, 0.15) is 18.4 Å². The Labute approximate surface area is 197 Å². The van der Waals surface area contributed by atoms with E-state index in [1.165, 1.54) is 0 Å². The number of fused-ring (bicyclic) bond motifs is 1. The Morgan fingerprint density at radius 2 is 1.91 bits per heavy atom. The zero-order valence-corrected chi connectivity index (χ0v) is 19.1. The molecule has 0 radical (unpaired) electrons. The second-order valence-corrected chi connectivity index (χ2v) is 9.15. The Morgan fingerprint density at radius 1 is 1.12 bits per heavy atom. The molecule has 0 unspecified atom stereocenters. The highest BCUT2D eigenvalue weighted by Crippen LogP contribution is 2.50. The van der Waals surface area contributed by atoms with Crippen molar-refractivity contribution >= 4 is 22.9 Å². The van der Waals surface area contributed by atoms with Gasteiger partial charge in [0, 0.05) is 23.6 Å². The molecule has 33 heavy (non-hydrogen) atoms. The summed E-state index contributed by atoms with van der Waals surface area (Å²) in [6.45, 7) is 2.58. The van der Waals surface area contributed by atoms with E-state index in [2.05, 4.69) is 22.9 Å². The average Bonchev–Trinajstić information content (AvgIpc) is 3.43. The first kappa shape index (κ1) is 21.5. The highest BCUT2D eigenvalue weighted by atomic mass is 32.2. The Kier molecular flexibility index (Phi) is 6.05. The lowest BCUT2D eigenvalue weighted by Crippen LogP contribution is -2.35. The molecule has 2 aliphatic rings. The van der Waals surface area contributed by atoms with Crippen LogP contribution in [0.25, 0.3) is 0 Å². The molecule has 6 nitrogen and oxygen atoms in total. The number of ether oxygens (including phenoxy) is 1. The number of rotatable bonds is 7. The molecule has 168 valence electrons. The van der Waals surface area contributed by atoms with Crippen molar-refractivity contribution in [3.05, 3.63) is 95.3 Å². The van der Waals surface area contributed by atoms with Gasteiger partial charge in [-0.3, -0.25) is 9.98 Å². The number of carbonyl (C=O) groups is 1. The van der Waals surface area contributed by atoms with E-state index in [4.69, 9.17) is 14.8 Å². The number of carboxylic acids is 1. The van der Waals surface area contributed by atoms with Crippen LogP contribution in [0, 0.1) is 0 Å². The maximum absolute atomic E-state index is 11.1. The van der Waals surface area contributed by atoms with Gasteiger partial charge in [-0.15, -0.1) is 0 Å². The van der Waals surface area contributed by atoms with E-state index in [9.17, 15) is 4.79 Å². The fourth-order valence-electron chi connectivity index (χ4n) is 4.45. The zero-order chi connectivity index (χ0) is 22.8. The van der Waals surface area contributed by atoms with E-state index < -0.39 is 5.97 Å². The van der Waals surface area contributed by atoms with Gasteiger partial charge < -0.3 is 14.7 Å². The number of para-hydroxylation sites is 1. The van der Waals surface area contributed by atoms with E-state index in [1.807, 2.05) is 54.4 Å². The summed E-state index contributed by atoms with van der Waals surface area (Å²) in [7, 11) is 0. The minimum absolute atomic E-state index is 0.0143. The van der Waals surface area contributed by atoms with Gasteiger partial charge in [0.15, 0.2) is 5.17 Å². The fourth-order valence-corrected chi connectivity index (χ4v) is 5.79. The molecule has 1 saturated heterocycles. The molecule has 5 rings (SSSR count). The van der Waals surface area contributed by atoms with Crippen LogP contribution < -0.4 is 4.74 Å². The minimum atomic E-state index is -0.931. The Hall–Kier alpha value is -3.32. The molecular weight excluding hydrogens is 434 g/mol. The number of nitrogens with zero attached hydrogens (tertiary/aromatic N) is 3. The third kappa shape index (κ3) is 4.20. The molecule has 3 aromatic rings. The van der Waals surface area contributed by atoms with Crippen molar-refractivity contribution < 1.29 is 14.6 Å². The first-order valence-corrected chi connectivity index (χ1v) is 12.1. The van der Waals surface area contributed by atoms with Crippen molar-refractivity contribution in [1.29, 1.82) is 0 Å². The van der Waals surface area contributed by atoms with E-state index in [1.54, 1.807) is 24.3 Å². The summed E-state index contributed by atoms with van der Waals surface area (Å²) in [6.07, 6.45) is 2.88. The average molecular weight is 460 g/mol. The predicted octanol–water partition coefficient (Wildman–Crippen LogP) is 5.34. The highest BCUT2D eigenvalue weighted by molar-refractivity contribution is 8.14. The van der Waals surface area contributed by atoms with Crippen molar-refractivity contribution in [2.24, 2.45) is 4.99 Å². The summed E-state index contributed by atoms with van der Waals surface area (Å²) >= 11 is 1.82. The standard InChI is InChI=1S/C26H25N3O3S/c1-2-19-16-33-26-28-23(21-8-5-6-14-27-21)24(29(19)26)20-7-3-4-9-22(20)32-15-17-10-12-18(13-11-17)25(30)31/h3-14,19,23-24H,2,15-16H2,1H3,(H,30,31)/t19-,23+,24+/m0/s1. The van der Waals surface area contributed by atoms with Crippen LogP contribution in [0.15, 0.2) is 77.9 Å². The fraction of sp³-hybridized carbons (Fsp3) is 0.269. The van der Waals surface area contributed by atoms with Gasteiger partial charge in [-0.25, -0.2) is 4.79 Å². The van der Waals surface area contributed by atoms with E-state index in [0.717, 1.165) is 39.9 Å². The van der Waals surface area contributed by atoms with Gasteiger partial charge >= 0.3 is 5.97 Å². The van der Waals surface area contributed by atoms with Crippen LogP contribution in [0.1, 0.15) is 52.6 Å². The van der Waals surface area contributed by atoms with Crippen molar-refractivity contribution in [3.63, 3.8) is 0 Å². The number of carboxylic acid groups (broad SMARTS) is 1. The molecule has 1 fully saturated rings. The highest BCUT2D eigenvalue weighted by Gasteiger charge is 2.46. The molecule has 0 saturated carbocycles. The van der Waals surface area contributed by atoms with Gasteiger partial charge in [-0.2, -0.15) is 0 Å². The number of hydrogen-bond acceptors (Lipinski definition) is 6. The molecule has 3 heterocycles. The number of amidine groups is 1. The summed E-state index contributed by atoms with van der Waals surface area (Å²) in [5.41, 5.74) is 3.24. The maximum Gasteiger partial charge on any atom is 0.335 e. The molecule has 2 aromatic carbocycles. The number of pyridine rings is 1. The molecule has 0 amide bonds. The predicted molar refractivity (Wildman–Crippen MR) is 130 cm³/mol. The molecule has 3 atom stereocenters. The summed E-state index contributed by atoms with van der Waals surface area (Å²) in [5, 5.41) is 10.2. The quantitative estimate of drug-likeness (QED) is 0.514. The van der Waals surface area contributed by atoms with Gasteiger partial charge in [0.2, 0.25) is 0 Å². The van der Waals surface area contributed by atoms with E-state index in [-0.39, 0.29) is 17.6 Å². The first-order valence-electron chi connectivity index (χ1n) is 11.1. The maximum atomic E-state index is 11.1. The lowest BCUT2D eigenvalue weighted by atomic mass is 9.94. The SMILES string of the molecule is CC[C@H]1CSC2=N[C@H](c3ccccn3)[C@@H](c3ccccc3OCc3ccc(C(=O)O)cc3)N21. The molecule has 1 aromatic heterocycles. The largest absolute Gasteiger partial charge is 0.489 e. The monoisotopic (exact) mass is 459 g/mol. The Bertz CT molecular complexity index is 1170. The van der Waals surface area contributed by atoms with Gasteiger partial charge in [-0.1, -0.05) is 55.1 Å². The lowest BCUT2D eigenvalue weighted by molar-refractivity contribution is 0.0697. The molecule has 1 N–H and O–H groups in total. The number of aromatic nitrogens is 1. The second kappa shape index (κ2) is 9.27. The van der Waals surface area contributed by atoms with Crippen molar-refractivity contribution in [2.45, 2.75) is 38.1 Å². The van der Waals surface area contributed by atoms with Gasteiger partial charge in [0.05, 0.1) is 17.3 Å². The molecular formula is C26H25N3O3S. The van der Waals surface area contributed by atoms with Crippen LogP contribution in [-0.4, -0.2) is 37.9 Å². The topological polar surface area (TPSA) is 75.0 Å². The van der Waals surface area contributed by atoms with Crippen molar-refractivity contribution in [3.8, 4) is 5.75 Å². The van der Waals surface area contributed by atoms with Crippen molar-refractivity contribution in [1.82, 2.24) is 9.88 Å². The summed E-state index contributed by atoms with van der Waals surface area (Å²) in [4.78, 5) is 23.3. The van der Waals surface area contributed by atoms with Gasteiger partial charge in [-0.05, 0) is 42.3 Å². The molecule has 0 spiro atoms. The molecule has 7 heteroatoms. The van der Waals surface area contributed by atoms with Crippen LogP contribution in [0.4, 0.5) is 0 Å². The Balaban J connectivity index is 1.46. The number of hydrogen-bond donors (Lipinski definition) is 1. The number of thioether (sulfide) groups is 1. The Morgan fingerprint density at radius 3 is 2.64 bits per heavy atom. The summed E-state index contributed by atoms with van der Waals surface area (Å²) < 4.78 is 6.29. The van der Waals surface area contributed by atoms with Crippen LogP contribution in [0.2, 0.25) is 0 Å². The smallest absolute Gasteiger partial charge is 0.335 e. The van der Waals surface area contributed by atoms with Gasteiger partial charge in [0.25, 0.3) is 0 Å². The summed E-state index contributed by atoms with van der Waals surface area (Å²) in [5.74, 6) is 0.924. The normalized spacial score (nSPS) is 21.5. The van der Waals surface area contributed by atoms with Crippen LogP contribution in [-0.2, 0) is 6.61 Å². The van der Waals surface area contributed by atoms with E-state index >= 15 is 0 Å². The third-order valence-electron chi connectivity index (χ3n) is 6.16. The molecule has 0 aliphatic carbocycles. The zero-order valence-electron chi connectivity index (χ0n) is 18.3. The second-order valence-electron chi connectivity index (χ2n) is 8.16. The van der Waals surface area contributed by atoms with Crippen LogP contribution >= 0.6 is 11.8 Å². The first-order chi connectivity index (χ1) is 16.2. The third-order valence-corrected chi connectivity index (χ3v) is 7.29. The van der Waals surface area contributed by atoms with Crippen LogP contribution in [0.3, 0.4) is 0 Å². The number of aliphatic imine (C=N–C) groups is 1. The van der Waals surface area contributed by atoms with E-state index in [0.29, 0.717) is 12.6 Å². The molecule has 2 aliphatic heterocycles. The van der Waals surface area contributed by atoms with Crippen molar-refractivity contribution in [2.75, 3.05) is 5.75 Å². The summed E-state index contributed by atoms with van der Waals surface area (Å²) in [6, 6.07) is 21.3. The van der Waals surface area contributed by atoms with Crippen LogP contribution in [0.5, 0.6) is 5.75 Å². The number of benzene rings is 2. The minimum Gasteiger partial charge on any atom is -0.489 e. The molecule has 0 bridgehead atoms. The number of aromatic carboxylic acids is 1.